The number of nitrogens with zero attached hydrogens (tertiary/aromatic N) is 1. The number of halogens is 3. The van der Waals surface area contributed by atoms with Gasteiger partial charge < -0.3 is 15.1 Å². The van der Waals surface area contributed by atoms with Crippen LogP contribution in [0.5, 0.6) is 0 Å². The number of aromatic nitrogens is 1. The second-order valence-corrected chi connectivity index (χ2v) is 5.28. The summed E-state index contributed by atoms with van der Waals surface area (Å²) in [7, 11) is 0. The summed E-state index contributed by atoms with van der Waals surface area (Å²) in [6.07, 6.45) is -2.80. The summed E-state index contributed by atoms with van der Waals surface area (Å²) in [5, 5.41) is 5.56. The van der Waals surface area contributed by atoms with Gasteiger partial charge in [-0.15, -0.1) is 11.3 Å². The highest BCUT2D eigenvalue weighted by Gasteiger charge is 2.33. The number of carbonyl (C=O) groups is 2. The molecule has 0 aliphatic carbocycles. The second-order valence-electron chi connectivity index (χ2n) is 4.42. The molecule has 0 spiro atoms. The average molecular weight is 347 g/mol. The van der Waals surface area contributed by atoms with Crippen molar-refractivity contribution in [2.24, 2.45) is 0 Å². The maximum absolute atomic E-state index is 12.4. The van der Waals surface area contributed by atoms with Crippen molar-refractivity contribution in [2.45, 2.75) is 19.0 Å². The van der Waals surface area contributed by atoms with E-state index in [2.05, 4.69) is 15.6 Å². The predicted molar refractivity (Wildman–Crippen MR) is 76.0 cm³/mol. The van der Waals surface area contributed by atoms with Crippen LogP contribution in [0.3, 0.4) is 0 Å². The Labute approximate surface area is 132 Å². The number of alkyl halides is 3. The summed E-state index contributed by atoms with van der Waals surface area (Å²) in [5.74, 6) is -0.706. The molecule has 0 fully saturated rings. The van der Waals surface area contributed by atoms with E-state index < -0.39 is 23.7 Å². The molecule has 10 heteroatoms. The minimum Gasteiger partial charge on any atom is -0.459 e. The zero-order chi connectivity index (χ0) is 16.9. The molecule has 2 N–H and O–H groups in total. The second kappa shape index (κ2) is 7.27. The third-order valence-corrected chi connectivity index (χ3v) is 3.41. The van der Waals surface area contributed by atoms with Crippen molar-refractivity contribution in [3.8, 4) is 0 Å². The molecule has 0 aliphatic heterocycles. The first-order chi connectivity index (χ1) is 10.9. The quantitative estimate of drug-likeness (QED) is 0.787. The van der Waals surface area contributed by atoms with Gasteiger partial charge in [0.2, 0.25) is 5.91 Å². The van der Waals surface area contributed by atoms with Crippen molar-refractivity contribution in [1.82, 2.24) is 10.3 Å². The SMILES string of the molecule is O=C(CCCNC(=O)c1ccco1)Nc1nc(C(F)(F)F)cs1. The normalized spacial score (nSPS) is 11.3. The van der Waals surface area contributed by atoms with E-state index in [4.69, 9.17) is 4.42 Å². The van der Waals surface area contributed by atoms with E-state index in [0.717, 1.165) is 5.38 Å². The molecule has 2 aromatic heterocycles. The molecule has 0 bridgehead atoms. The van der Waals surface area contributed by atoms with E-state index in [0.29, 0.717) is 17.8 Å². The van der Waals surface area contributed by atoms with Gasteiger partial charge in [-0.3, -0.25) is 9.59 Å². The van der Waals surface area contributed by atoms with Crippen LogP contribution < -0.4 is 10.6 Å². The molecule has 0 aliphatic rings. The molecule has 0 radical (unpaired) electrons. The first-order valence-electron chi connectivity index (χ1n) is 6.50. The number of anilines is 1. The predicted octanol–water partition coefficient (Wildman–Crippen LogP) is 2.90. The largest absolute Gasteiger partial charge is 0.459 e. The molecular formula is C13H12F3N3O3S. The Balaban J connectivity index is 1.69. The van der Waals surface area contributed by atoms with Gasteiger partial charge in [0.1, 0.15) is 0 Å². The van der Waals surface area contributed by atoms with Gasteiger partial charge in [0, 0.05) is 18.3 Å². The molecule has 0 aromatic carbocycles. The highest BCUT2D eigenvalue weighted by Crippen LogP contribution is 2.31. The summed E-state index contributed by atoms with van der Waals surface area (Å²) >= 11 is 0.702. The summed E-state index contributed by atoms with van der Waals surface area (Å²) in [5.41, 5.74) is -1.04. The van der Waals surface area contributed by atoms with Gasteiger partial charge in [0.25, 0.3) is 5.91 Å². The molecule has 2 amide bonds. The first-order valence-corrected chi connectivity index (χ1v) is 7.38. The molecule has 0 saturated heterocycles. The summed E-state index contributed by atoms with van der Waals surface area (Å²) in [4.78, 5) is 26.4. The zero-order valence-electron chi connectivity index (χ0n) is 11.6. The number of rotatable bonds is 6. The van der Waals surface area contributed by atoms with Crippen molar-refractivity contribution in [2.75, 3.05) is 11.9 Å². The summed E-state index contributed by atoms with van der Waals surface area (Å²) in [6.45, 7) is 0.235. The van der Waals surface area contributed by atoms with Crippen LogP contribution in [0.4, 0.5) is 18.3 Å². The van der Waals surface area contributed by atoms with Crippen molar-refractivity contribution >= 4 is 28.3 Å². The van der Waals surface area contributed by atoms with E-state index in [1.807, 2.05) is 0 Å². The fraction of sp³-hybridized carbons (Fsp3) is 0.308. The van der Waals surface area contributed by atoms with Crippen molar-refractivity contribution < 1.29 is 27.2 Å². The Bertz CT molecular complexity index is 668. The topological polar surface area (TPSA) is 84.2 Å². The minimum absolute atomic E-state index is 0.0410. The lowest BCUT2D eigenvalue weighted by molar-refractivity contribution is -0.140. The van der Waals surface area contributed by atoms with Crippen LogP contribution in [0.2, 0.25) is 0 Å². The first kappa shape index (κ1) is 17.0. The van der Waals surface area contributed by atoms with Crippen LogP contribution in [0, 0.1) is 0 Å². The van der Waals surface area contributed by atoms with E-state index in [-0.39, 0.29) is 23.9 Å². The Hall–Kier alpha value is -2.36. The van der Waals surface area contributed by atoms with E-state index >= 15 is 0 Å². The van der Waals surface area contributed by atoms with Crippen LogP contribution in [-0.2, 0) is 11.0 Å². The minimum atomic E-state index is -4.53. The lowest BCUT2D eigenvalue weighted by Gasteiger charge is -2.04. The molecule has 2 aromatic rings. The molecule has 0 unspecified atom stereocenters. The van der Waals surface area contributed by atoms with E-state index in [1.54, 1.807) is 6.07 Å². The Morgan fingerprint density at radius 3 is 2.74 bits per heavy atom. The summed E-state index contributed by atoms with van der Waals surface area (Å²) in [6, 6.07) is 3.08. The van der Waals surface area contributed by atoms with Gasteiger partial charge in [-0.25, -0.2) is 4.98 Å². The Morgan fingerprint density at radius 1 is 1.35 bits per heavy atom. The van der Waals surface area contributed by atoms with Crippen molar-refractivity contribution in [3.63, 3.8) is 0 Å². The third kappa shape index (κ3) is 5.09. The molecule has 2 heterocycles. The Kier molecular flexibility index (Phi) is 5.37. The summed E-state index contributed by atoms with van der Waals surface area (Å²) < 4.78 is 42.0. The average Bonchev–Trinajstić information content (AvgIpc) is 3.13. The number of amides is 2. The number of nitrogens with one attached hydrogen (secondary N) is 2. The van der Waals surface area contributed by atoms with Gasteiger partial charge >= 0.3 is 6.18 Å². The number of hydrogen-bond acceptors (Lipinski definition) is 5. The van der Waals surface area contributed by atoms with Crippen LogP contribution in [-0.4, -0.2) is 23.3 Å². The number of furan rings is 1. The molecule has 124 valence electrons. The van der Waals surface area contributed by atoms with Crippen molar-refractivity contribution in [1.29, 1.82) is 0 Å². The van der Waals surface area contributed by atoms with Crippen LogP contribution in [0.1, 0.15) is 29.1 Å². The highest BCUT2D eigenvalue weighted by atomic mass is 32.1. The van der Waals surface area contributed by atoms with Crippen LogP contribution in [0.25, 0.3) is 0 Å². The fourth-order valence-electron chi connectivity index (χ4n) is 1.59. The van der Waals surface area contributed by atoms with Gasteiger partial charge in [0.15, 0.2) is 16.6 Å². The van der Waals surface area contributed by atoms with E-state index in [1.165, 1.54) is 12.3 Å². The van der Waals surface area contributed by atoms with E-state index in [9.17, 15) is 22.8 Å². The number of hydrogen-bond donors (Lipinski definition) is 2. The fourth-order valence-corrected chi connectivity index (χ4v) is 2.32. The third-order valence-electron chi connectivity index (χ3n) is 2.65. The lowest BCUT2D eigenvalue weighted by atomic mass is 10.3. The standard InChI is InChI=1S/C13H12F3N3O3S/c14-13(15,16)9-7-23-12(18-9)19-10(20)4-1-5-17-11(21)8-3-2-6-22-8/h2-3,6-7H,1,4-5H2,(H,17,21)(H,18,19,20). The molecule has 0 saturated carbocycles. The lowest BCUT2D eigenvalue weighted by Crippen LogP contribution is -2.25. The van der Waals surface area contributed by atoms with Gasteiger partial charge in [-0.05, 0) is 18.6 Å². The number of thiazole rings is 1. The highest BCUT2D eigenvalue weighted by molar-refractivity contribution is 7.13. The van der Waals surface area contributed by atoms with Gasteiger partial charge in [-0.2, -0.15) is 13.2 Å². The molecule has 2 rings (SSSR count). The monoisotopic (exact) mass is 347 g/mol. The number of carbonyl (C=O) groups excluding carboxylic acids is 2. The molecule has 0 atom stereocenters. The smallest absolute Gasteiger partial charge is 0.434 e. The molecular weight excluding hydrogens is 335 g/mol. The van der Waals surface area contributed by atoms with Crippen LogP contribution >= 0.6 is 11.3 Å². The van der Waals surface area contributed by atoms with Crippen molar-refractivity contribution in [3.05, 3.63) is 35.2 Å². The molecule has 6 nitrogen and oxygen atoms in total. The maximum atomic E-state index is 12.4. The van der Waals surface area contributed by atoms with Crippen LogP contribution in [0.15, 0.2) is 28.2 Å². The van der Waals surface area contributed by atoms with Gasteiger partial charge in [-0.1, -0.05) is 0 Å². The maximum Gasteiger partial charge on any atom is 0.434 e. The van der Waals surface area contributed by atoms with Gasteiger partial charge in [0.05, 0.1) is 6.26 Å². The Morgan fingerprint density at radius 2 is 2.13 bits per heavy atom. The zero-order valence-corrected chi connectivity index (χ0v) is 12.5. The molecule has 23 heavy (non-hydrogen) atoms.